The van der Waals surface area contributed by atoms with E-state index in [1.54, 1.807) is 0 Å². The molecule has 1 aromatic rings. The Morgan fingerprint density at radius 3 is 2.75 bits per heavy atom. The Morgan fingerprint density at radius 2 is 2.25 bits per heavy atom. The van der Waals surface area contributed by atoms with Crippen LogP contribution in [0.25, 0.3) is 0 Å². The van der Waals surface area contributed by atoms with Crippen LogP contribution in [0.4, 0.5) is 0 Å². The van der Waals surface area contributed by atoms with E-state index in [1.807, 2.05) is 11.6 Å². The van der Waals surface area contributed by atoms with Crippen LogP contribution < -0.4 is 5.73 Å². The molecule has 1 aliphatic heterocycles. The molecule has 2 unspecified atom stereocenters. The van der Waals surface area contributed by atoms with Crippen molar-refractivity contribution >= 4 is 25.8 Å². The summed E-state index contributed by atoms with van der Waals surface area (Å²) in [6.07, 6.45) is 1.52. The van der Waals surface area contributed by atoms with Gasteiger partial charge in [-0.1, -0.05) is 0 Å². The first kappa shape index (κ1) is 16.0. The van der Waals surface area contributed by atoms with Crippen molar-refractivity contribution in [1.82, 2.24) is 9.78 Å². The molecule has 2 rings (SSSR count). The minimum atomic E-state index is -2.85. The van der Waals surface area contributed by atoms with Gasteiger partial charge in [-0.25, -0.2) is 8.42 Å². The molecule has 0 saturated carbocycles. The predicted octanol–water partition coefficient (Wildman–Crippen LogP) is 1.53. The monoisotopic (exact) mass is 363 g/mol. The summed E-state index contributed by atoms with van der Waals surface area (Å²) in [4.78, 5) is 0. The lowest BCUT2D eigenvalue weighted by atomic mass is 9.88. The van der Waals surface area contributed by atoms with Gasteiger partial charge in [0.2, 0.25) is 0 Å². The van der Waals surface area contributed by atoms with Gasteiger partial charge in [0.1, 0.15) is 0 Å². The molecule has 2 N–H and O–H groups in total. The van der Waals surface area contributed by atoms with Gasteiger partial charge in [-0.2, -0.15) is 5.10 Å². The molecule has 1 fully saturated rings. The molecule has 0 aromatic carbocycles. The second-order valence-electron chi connectivity index (χ2n) is 5.52. The van der Waals surface area contributed by atoms with Crippen molar-refractivity contribution in [2.45, 2.75) is 33.2 Å². The van der Waals surface area contributed by atoms with Crippen LogP contribution >= 0.6 is 15.9 Å². The number of hydrogen-bond donors (Lipinski definition) is 1. The largest absolute Gasteiger partial charge is 0.330 e. The molecule has 0 radical (unpaired) electrons. The molecule has 0 spiro atoms. The average Bonchev–Trinajstić information content (AvgIpc) is 2.89. The van der Waals surface area contributed by atoms with E-state index < -0.39 is 9.84 Å². The van der Waals surface area contributed by atoms with E-state index in [2.05, 4.69) is 28.0 Å². The number of nitrogens with zero attached hydrogens (tertiary/aromatic N) is 2. The van der Waals surface area contributed by atoms with Crippen molar-refractivity contribution in [3.63, 3.8) is 0 Å². The molecular weight excluding hydrogens is 342 g/mol. The summed E-state index contributed by atoms with van der Waals surface area (Å²) >= 11 is 3.59. The van der Waals surface area contributed by atoms with Crippen LogP contribution in [-0.2, 0) is 22.8 Å². The molecule has 1 aromatic heterocycles. The number of halogens is 1. The van der Waals surface area contributed by atoms with Crippen molar-refractivity contribution in [3.8, 4) is 0 Å². The predicted molar refractivity (Wildman–Crippen MR) is 83.3 cm³/mol. The van der Waals surface area contributed by atoms with Gasteiger partial charge in [0.05, 0.1) is 27.4 Å². The van der Waals surface area contributed by atoms with E-state index >= 15 is 0 Å². The van der Waals surface area contributed by atoms with Crippen molar-refractivity contribution in [3.05, 3.63) is 15.9 Å². The topological polar surface area (TPSA) is 78.0 Å². The van der Waals surface area contributed by atoms with E-state index in [-0.39, 0.29) is 17.6 Å². The third-order valence-corrected chi connectivity index (χ3v) is 6.97. The fraction of sp³-hybridized carbons (Fsp3) is 0.769. The number of hydrogen-bond acceptors (Lipinski definition) is 4. The van der Waals surface area contributed by atoms with Gasteiger partial charge in [0, 0.05) is 6.54 Å². The maximum absolute atomic E-state index is 11.6. The highest BCUT2D eigenvalue weighted by Gasteiger charge is 2.34. The second kappa shape index (κ2) is 6.15. The molecule has 2 atom stereocenters. The summed E-state index contributed by atoms with van der Waals surface area (Å²) in [5.41, 5.74) is 8.00. The Hall–Kier alpha value is -0.400. The van der Waals surface area contributed by atoms with Crippen LogP contribution in [0.3, 0.4) is 0 Å². The zero-order chi connectivity index (χ0) is 14.9. The molecule has 0 bridgehead atoms. The summed E-state index contributed by atoms with van der Waals surface area (Å²) in [6, 6.07) is 0. The molecular formula is C13H22BrN3O2S. The molecule has 7 heteroatoms. The average molecular weight is 364 g/mol. The van der Waals surface area contributed by atoms with Crippen molar-refractivity contribution in [1.29, 1.82) is 0 Å². The van der Waals surface area contributed by atoms with E-state index in [1.165, 1.54) is 0 Å². The minimum Gasteiger partial charge on any atom is -0.330 e. The summed E-state index contributed by atoms with van der Waals surface area (Å²) in [7, 11) is -2.85. The molecule has 2 heterocycles. The van der Waals surface area contributed by atoms with Crippen molar-refractivity contribution in [2.24, 2.45) is 17.6 Å². The lowest BCUT2D eigenvalue weighted by Gasteiger charge is -2.21. The van der Waals surface area contributed by atoms with Crippen LogP contribution in [0.15, 0.2) is 4.47 Å². The lowest BCUT2D eigenvalue weighted by Crippen LogP contribution is -2.27. The van der Waals surface area contributed by atoms with Gasteiger partial charge in [-0.05, 0) is 61.0 Å². The normalized spacial score (nSPS) is 23.1. The van der Waals surface area contributed by atoms with Gasteiger partial charge < -0.3 is 5.73 Å². The third-order valence-electron chi connectivity index (χ3n) is 4.15. The zero-order valence-corrected chi connectivity index (χ0v) is 14.4. The smallest absolute Gasteiger partial charge is 0.150 e. The maximum Gasteiger partial charge on any atom is 0.150 e. The molecule has 1 saturated heterocycles. The number of sulfone groups is 1. The summed E-state index contributed by atoms with van der Waals surface area (Å²) in [6.45, 7) is 5.35. The van der Waals surface area contributed by atoms with E-state index in [4.69, 9.17) is 5.73 Å². The number of rotatable bonds is 5. The standard InChI is InChI=1S/C13H22BrN3O2S/c1-3-17-12(13(14)9(2)16-17)6-11(7-15)10-4-5-20(18,19)8-10/h10-11H,3-8,15H2,1-2H3. The van der Waals surface area contributed by atoms with Gasteiger partial charge in [0.25, 0.3) is 0 Å². The Balaban J connectivity index is 2.19. The molecule has 5 nitrogen and oxygen atoms in total. The summed E-state index contributed by atoms with van der Waals surface area (Å²) in [5.74, 6) is 0.968. The third kappa shape index (κ3) is 3.26. The first-order valence-corrected chi connectivity index (χ1v) is 9.61. The van der Waals surface area contributed by atoms with E-state index in [9.17, 15) is 8.42 Å². The minimum absolute atomic E-state index is 0.178. The SMILES string of the molecule is CCn1nc(C)c(Br)c1CC(CN)C1CCS(=O)(=O)C1. The molecule has 0 amide bonds. The summed E-state index contributed by atoms with van der Waals surface area (Å²) < 4.78 is 26.3. The zero-order valence-electron chi connectivity index (χ0n) is 12.0. The Bertz CT molecular complexity index is 583. The van der Waals surface area contributed by atoms with Crippen LogP contribution in [0.5, 0.6) is 0 Å². The highest BCUT2D eigenvalue weighted by Crippen LogP contribution is 2.31. The Kier molecular flexibility index (Phi) is 4.92. The van der Waals surface area contributed by atoms with Crippen LogP contribution in [0, 0.1) is 18.8 Å². The number of aryl methyl sites for hydroxylation is 2. The van der Waals surface area contributed by atoms with E-state index in [0.29, 0.717) is 12.3 Å². The quantitative estimate of drug-likeness (QED) is 0.860. The Morgan fingerprint density at radius 1 is 1.55 bits per heavy atom. The number of aromatic nitrogens is 2. The number of nitrogens with two attached hydrogens (primary N) is 1. The van der Waals surface area contributed by atoms with Gasteiger partial charge >= 0.3 is 0 Å². The van der Waals surface area contributed by atoms with Gasteiger partial charge in [-0.15, -0.1) is 0 Å². The molecule has 0 aliphatic carbocycles. The van der Waals surface area contributed by atoms with Crippen LogP contribution in [0.2, 0.25) is 0 Å². The summed E-state index contributed by atoms with van der Waals surface area (Å²) in [5, 5.41) is 4.48. The van der Waals surface area contributed by atoms with Gasteiger partial charge in [0.15, 0.2) is 9.84 Å². The van der Waals surface area contributed by atoms with Crippen molar-refractivity contribution in [2.75, 3.05) is 18.1 Å². The Labute approximate surface area is 129 Å². The fourth-order valence-corrected chi connectivity index (χ4v) is 5.32. The fourth-order valence-electron chi connectivity index (χ4n) is 2.95. The molecule has 1 aliphatic rings. The molecule has 20 heavy (non-hydrogen) atoms. The highest BCUT2D eigenvalue weighted by atomic mass is 79.9. The maximum atomic E-state index is 11.6. The lowest BCUT2D eigenvalue weighted by molar-refractivity contribution is 0.361. The van der Waals surface area contributed by atoms with Crippen LogP contribution in [0.1, 0.15) is 24.7 Å². The first-order valence-electron chi connectivity index (χ1n) is 7.00. The van der Waals surface area contributed by atoms with Crippen LogP contribution in [-0.4, -0.2) is 36.2 Å². The highest BCUT2D eigenvalue weighted by molar-refractivity contribution is 9.10. The first-order chi connectivity index (χ1) is 9.38. The second-order valence-corrected chi connectivity index (χ2v) is 8.55. The van der Waals surface area contributed by atoms with E-state index in [0.717, 1.165) is 35.2 Å². The van der Waals surface area contributed by atoms with Gasteiger partial charge in [-0.3, -0.25) is 4.68 Å². The van der Waals surface area contributed by atoms with Crippen molar-refractivity contribution < 1.29 is 8.42 Å². The molecule has 114 valence electrons.